The van der Waals surface area contributed by atoms with Crippen LogP contribution in [0, 0.1) is 6.92 Å². The van der Waals surface area contributed by atoms with Crippen molar-refractivity contribution in [3.8, 4) is 0 Å². The van der Waals surface area contributed by atoms with Crippen LogP contribution in [0.5, 0.6) is 0 Å². The second kappa shape index (κ2) is 7.25. The Morgan fingerprint density at radius 2 is 1.77 bits per heavy atom. The summed E-state index contributed by atoms with van der Waals surface area (Å²) in [5.74, 6) is 0.743. The van der Waals surface area contributed by atoms with Crippen molar-refractivity contribution in [2.45, 2.75) is 29.7 Å². The molecule has 2 heterocycles. The predicted octanol–water partition coefficient (Wildman–Crippen LogP) is 4.29. The fraction of sp³-hybridized carbons (Fsp3) is 0.200. The first-order valence-electron chi connectivity index (χ1n) is 8.53. The van der Waals surface area contributed by atoms with Gasteiger partial charge in [0, 0.05) is 28.8 Å². The molecular weight excluding hydrogens is 346 g/mol. The number of aryl methyl sites for hydroxylation is 1. The number of carbonyl (C=O) groups excluding carboxylic acids is 1. The third kappa shape index (κ3) is 3.46. The minimum Gasteiger partial charge on any atom is -0.361 e. The molecule has 1 N–H and O–H groups in total. The first-order chi connectivity index (χ1) is 12.7. The van der Waals surface area contributed by atoms with Crippen LogP contribution in [0.15, 0.2) is 68.9 Å². The van der Waals surface area contributed by atoms with Gasteiger partial charge in [-0.25, -0.2) is 0 Å². The minimum absolute atomic E-state index is 0.00107. The maximum atomic E-state index is 12.3. The summed E-state index contributed by atoms with van der Waals surface area (Å²) in [6.45, 7) is 2.85. The van der Waals surface area contributed by atoms with Crippen LogP contribution in [0.25, 0.3) is 0 Å². The lowest BCUT2D eigenvalue weighted by atomic mass is 10.2. The van der Waals surface area contributed by atoms with Crippen LogP contribution in [-0.2, 0) is 11.3 Å². The summed E-state index contributed by atoms with van der Waals surface area (Å²) in [6, 6.07) is 18.4. The van der Waals surface area contributed by atoms with Gasteiger partial charge in [-0.3, -0.25) is 4.79 Å². The Hall–Kier alpha value is -2.73. The average Bonchev–Trinajstić information content (AvgIpc) is 3.08. The predicted molar refractivity (Wildman–Crippen MR) is 102 cm³/mol. The van der Waals surface area contributed by atoms with Crippen LogP contribution < -0.4 is 10.2 Å². The minimum atomic E-state index is -0.00107. The molecule has 26 heavy (non-hydrogen) atoms. The van der Waals surface area contributed by atoms with Gasteiger partial charge in [0.1, 0.15) is 11.5 Å². The Labute approximate surface area is 156 Å². The third-order valence-electron chi connectivity index (χ3n) is 4.24. The van der Waals surface area contributed by atoms with Gasteiger partial charge in [-0.05, 0) is 31.2 Å². The van der Waals surface area contributed by atoms with Crippen molar-refractivity contribution in [2.24, 2.45) is 0 Å². The monoisotopic (exact) mass is 365 g/mol. The van der Waals surface area contributed by atoms with Gasteiger partial charge in [0.2, 0.25) is 5.91 Å². The molecule has 1 aliphatic heterocycles. The molecule has 0 atom stereocenters. The fourth-order valence-electron chi connectivity index (χ4n) is 3.01. The first kappa shape index (κ1) is 16.7. The van der Waals surface area contributed by atoms with Crippen molar-refractivity contribution in [3.63, 3.8) is 0 Å². The number of anilines is 2. The number of rotatable bonds is 5. The topological polar surface area (TPSA) is 58.4 Å². The first-order valence-corrected chi connectivity index (χ1v) is 9.35. The molecule has 0 radical (unpaired) electrons. The van der Waals surface area contributed by atoms with E-state index in [4.69, 9.17) is 4.52 Å². The summed E-state index contributed by atoms with van der Waals surface area (Å²) in [5, 5.41) is 6.80. The van der Waals surface area contributed by atoms with Crippen molar-refractivity contribution in [2.75, 3.05) is 11.4 Å². The zero-order valence-electron chi connectivity index (χ0n) is 14.4. The largest absolute Gasteiger partial charge is 0.361 e. The van der Waals surface area contributed by atoms with Gasteiger partial charge in [0.15, 0.2) is 0 Å². The standard InChI is InChI=1S/C20H19N3O2S/c1-14-12-15(22-25-14)13-21-20(24)10-11-23-16-6-2-4-8-18(16)26-19-9-5-3-7-17(19)23/h2-9,12H,10-11,13H2,1H3,(H,21,24). The maximum Gasteiger partial charge on any atom is 0.222 e. The van der Waals surface area contributed by atoms with Gasteiger partial charge >= 0.3 is 0 Å². The summed E-state index contributed by atoms with van der Waals surface area (Å²) >= 11 is 1.77. The number of hydrogen-bond acceptors (Lipinski definition) is 5. The van der Waals surface area contributed by atoms with Crippen molar-refractivity contribution in [1.29, 1.82) is 0 Å². The lowest BCUT2D eigenvalue weighted by molar-refractivity contribution is -0.121. The van der Waals surface area contributed by atoms with Crippen LogP contribution in [0.1, 0.15) is 17.9 Å². The molecule has 3 aromatic rings. The van der Waals surface area contributed by atoms with Gasteiger partial charge < -0.3 is 14.7 Å². The van der Waals surface area contributed by atoms with Crippen molar-refractivity contribution in [1.82, 2.24) is 10.5 Å². The van der Waals surface area contributed by atoms with Crippen LogP contribution in [-0.4, -0.2) is 17.6 Å². The number of amides is 1. The SMILES string of the molecule is Cc1cc(CNC(=O)CCN2c3ccccc3Sc3ccccc32)no1. The number of nitrogens with zero attached hydrogens (tertiary/aromatic N) is 2. The average molecular weight is 365 g/mol. The molecule has 0 bridgehead atoms. The molecule has 4 rings (SSSR count). The summed E-state index contributed by atoms with van der Waals surface area (Å²) < 4.78 is 5.02. The quantitative estimate of drug-likeness (QED) is 0.731. The Morgan fingerprint density at radius 3 is 2.38 bits per heavy atom. The maximum absolute atomic E-state index is 12.3. The Bertz CT molecular complexity index is 893. The number of benzene rings is 2. The van der Waals surface area contributed by atoms with E-state index < -0.39 is 0 Å². The Balaban J connectivity index is 1.45. The Morgan fingerprint density at radius 1 is 1.12 bits per heavy atom. The van der Waals surface area contributed by atoms with Crippen molar-refractivity contribution >= 4 is 29.0 Å². The molecular formula is C20H19N3O2S. The molecule has 5 nitrogen and oxygen atoms in total. The normalized spacial score (nSPS) is 12.4. The molecule has 132 valence electrons. The fourth-order valence-corrected chi connectivity index (χ4v) is 4.11. The highest BCUT2D eigenvalue weighted by Crippen LogP contribution is 2.47. The lowest BCUT2D eigenvalue weighted by Gasteiger charge is -2.32. The zero-order chi connectivity index (χ0) is 17.9. The Kier molecular flexibility index (Phi) is 4.67. The van der Waals surface area contributed by atoms with E-state index in [2.05, 4.69) is 39.6 Å². The molecule has 1 aliphatic rings. The third-order valence-corrected chi connectivity index (χ3v) is 5.37. The van der Waals surface area contributed by atoms with E-state index in [1.54, 1.807) is 11.8 Å². The summed E-state index contributed by atoms with van der Waals surface area (Å²) in [4.78, 5) is 16.9. The van der Waals surface area contributed by atoms with Crippen molar-refractivity contribution < 1.29 is 9.32 Å². The molecule has 0 saturated heterocycles. The molecule has 2 aromatic carbocycles. The number of carbonyl (C=O) groups is 1. The second-order valence-electron chi connectivity index (χ2n) is 6.14. The van der Waals surface area contributed by atoms with Gasteiger partial charge in [-0.15, -0.1) is 0 Å². The number of fused-ring (bicyclic) bond motifs is 2. The smallest absolute Gasteiger partial charge is 0.222 e. The number of para-hydroxylation sites is 2. The van der Waals surface area contributed by atoms with E-state index in [-0.39, 0.29) is 5.91 Å². The summed E-state index contributed by atoms with van der Waals surface area (Å²) in [7, 11) is 0. The van der Waals surface area contributed by atoms with Gasteiger partial charge in [-0.1, -0.05) is 41.2 Å². The van der Waals surface area contributed by atoms with E-state index in [9.17, 15) is 4.79 Å². The summed E-state index contributed by atoms with van der Waals surface area (Å²) in [6.07, 6.45) is 0.407. The molecule has 6 heteroatoms. The van der Waals surface area contributed by atoms with Gasteiger partial charge in [0.25, 0.3) is 0 Å². The van der Waals surface area contributed by atoms with Crippen LogP contribution in [0.3, 0.4) is 0 Å². The highest BCUT2D eigenvalue weighted by molar-refractivity contribution is 7.99. The molecule has 1 aromatic heterocycles. The zero-order valence-corrected chi connectivity index (χ0v) is 15.3. The number of aromatic nitrogens is 1. The van der Waals surface area contributed by atoms with Crippen LogP contribution in [0.4, 0.5) is 11.4 Å². The molecule has 0 spiro atoms. The van der Waals surface area contributed by atoms with E-state index in [1.807, 2.05) is 37.3 Å². The van der Waals surface area contributed by atoms with Crippen LogP contribution >= 0.6 is 11.8 Å². The highest BCUT2D eigenvalue weighted by Gasteiger charge is 2.23. The van der Waals surface area contributed by atoms with E-state index in [0.29, 0.717) is 19.5 Å². The molecule has 0 unspecified atom stereocenters. The van der Waals surface area contributed by atoms with Crippen molar-refractivity contribution in [3.05, 3.63) is 66.1 Å². The highest BCUT2D eigenvalue weighted by atomic mass is 32.2. The molecule has 1 amide bonds. The number of hydrogen-bond donors (Lipinski definition) is 1. The van der Waals surface area contributed by atoms with E-state index in [0.717, 1.165) is 22.8 Å². The summed E-state index contributed by atoms with van der Waals surface area (Å²) in [5.41, 5.74) is 3.04. The molecule has 0 saturated carbocycles. The number of nitrogens with one attached hydrogen (secondary N) is 1. The van der Waals surface area contributed by atoms with E-state index >= 15 is 0 Å². The van der Waals surface area contributed by atoms with Crippen LogP contribution in [0.2, 0.25) is 0 Å². The van der Waals surface area contributed by atoms with E-state index in [1.165, 1.54) is 9.79 Å². The van der Waals surface area contributed by atoms with Gasteiger partial charge in [-0.2, -0.15) is 0 Å². The molecule has 0 aliphatic carbocycles. The lowest BCUT2D eigenvalue weighted by Crippen LogP contribution is -2.29. The molecule has 0 fully saturated rings. The van der Waals surface area contributed by atoms with Gasteiger partial charge in [0.05, 0.1) is 17.9 Å². The second-order valence-corrected chi connectivity index (χ2v) is 7.23.